The summed E-state index contributed by atoms with van der Waals surface area (Å²) in [6, 6.07) is 2.31. The first-order chi connectivity index (χ1) is 9.48. The van der Waals surface area contributed by atoms with E-state index in [2.05, 4.69) is 38.7 Å². The number of nitrogens with zero attached hydrogens (tertiary/aromatic N) is 1. The lowest BCUT2D eigenvalue weighted by Crippen LogP contribution is -2.46. The van der Waals surface area contributed by atoms with E-state index in [-0.39, 0.29) is 5.60 Å². The molecule has 1 unspecified atom stereocenters. The normalized spacial score (nSPS) is 26.4. The molecule has 0 N–H and O–H groups in total. The Hall–Kier alpha value is -1.02. The van der Waals surface area contributed by atoms with Crippen LogP contribution in [0.15, 0.2) is 6.07 Å². The van der Waals surface area contributed by atoms with E-state index in [0.717, 1.165) is 13.0 Å². The fourth-order valence-electron chi connectivity index (χ4n) is 3.80. The van der Waals surface area contributed by atoms with Gasteiger partial charge in [-0.15, -0.1) is 0 Å². The molecule has 1 atom stereocenters. The average Bonchev–Trinajstić information content (AvgIpc) is 2.76. The van der Waals surface area contributed by atoms with Gasteiger partial charge in [-0.1, -0.05) is 12.5 Å². The smallest absolute Gasteiger partial charge is 0.126 e. The summed E-state index contributed by atoms with van der Waals surface area (Å²) >= 11 is 0. The third-order valence-corrected chi connectivity index (χ3v) is 5.02. The Balaban J connectivity index is 1.81. The van der Waals surface area contributed by atoms with E-state index in [0.29, 0.717) is 0 Å². The van der Waals surface area contributed by atoms with Gasteiger partial charge in [0.1, 0.15) is 11.4 Å². The van der Waals surface area contributed by atoms with E-state index < -0.39 is 0 Å². The standard InChI is InChI=1S/C18H27NO/c1-13-10-14(2)16-11-18(4,20-17(16)15(13)3)12-19-8-6-5-7-9-19/h10H,5-9,11-12H2,1-4H3. The summed E-state index contributed by atoms with van der Waals surface area (Å²) in [4.78, 5) is 2.59. The molecule has 2 nitrogen and oxygen atoms in total. The van der Waals surface area contributed by atoms with Crippen LogP contribution >= 0.6 is 0 Å². The summed E-state index contributed by atoms with van der Waals surface area (Å²) in [5, 5.41) is 0. The van der Waals surface area contributed by atoms with Crippen molar-refractivity contribution in [1.29, 1.82) is 0 Å². The van der Waals surface area contributed by atoms with Crippen molar-refractivity contribution in [2.24, 2.45) is 0 Å². The number of fused-ring (bicyclic) bond motifs is 1. The first-order valence-corrected chi connectivity index (χ1v) is 7.99. The Morgan fingerprint density at radius 2 is 1.80 bits per heavy atom. The molecular weight excluding hydrogens is 246 g/mol. The zero-order valence-electron chi connectivity index (χ0n) is 13.4. The predicted molar refractivity (Wildman–Crippen MR) is 83.7 cm³/mol. The molecule has 2 heterocycles. The van der Waals surface area contributed by atoms with Crippen molar-refractivity contribution in [3.05, 3.63) is 28.3 Å². The molecule has 0 spiro atoms. The first-order valence-electron chi connectivity index (χ1n) is 7.99. The van der Waals surface area contributed by atoms with Crippen LogP contribution in [0.1, 0.15) is 48.4 Å². The maximum atomic E-state index is 6.45. The topological polar surface area (TPSA) is 12.5 Å². The van der Waals surface area contributed by atoms with Crippen molar-refractivity contribution in [1.82, 2.24) is 4.90 Å². The van der Waals surface area contributed by atoms with Gasteiger partial charge < -0.3 is 4.74 Å². The van der Waals surface area contributed by atoms with Gasteiger partial charge in [0.15, 0.2) is 0 Å². The van der Waals surface area contributed by atoms with E-state index in [1.165, 1.54) is 60.4 Å². The molecule has 3 rings (SSSR count). The molecule has 0 saturated carbocycles. The number of piperidine rings is 1. The monoisotopic (exact) mass is 273 g/mol. The Kier molecular flexibility index (Phi) is 3.53. The Morgan fingerprint density at radius 3 is 2.50 bits per heavy atom. The first kappa shape index (κ1) is 13.9. The van der Waals surface area contributed by atoms with Crippen LogP contribution in [0.4, 0.5) is 0 Å². The lowest BCUT2D eigenvalue weighted by atomic mass is 9.93. The Bertz CT molecular complexity index is 517. The predicted octanol–water partition coefficient (Wildman–Crippen LogP) is 3.79. The van der Waals surface area contributed by atoms with Gasteiger partial charge in [0.05, 0.1) is 0 Å². The van der Waals surface area contributed by atoms with Gasteiger partial charge >= 0.3 is 0 Å². The van der Waals surface area contributed by atoms with E-state index in [9.17, 15) is 0 Å². The Morgan fingerprint density at radius 1 is 1.10 bits per heavy atom. The highest BCUT2D eigenvalue weighted by atomic mass is 16.5. The SMILES string of the molecule is Cc1cc(C)c2c(c1C)OC(C)(CN1CCCCC1)C2. The molecule has 0 amide bonds. The molecule has 1 aromatic carbocycles. The summed E-state index contributed by atoms with van der Waals surface area (Å²) in [6.45, 7) is 12.4. The van der Waals surface area contributed by atoms with Gasteiger partial charge in [0.2, 0.25) is 0 Å². The number of likely N-dealkylation sites (tertiary alicyclic amines) is 1. The zero-order chi connectivity index (χ0) is 14.3. The third kappa shape index (κ3) is 2.46. The molecule has 1 aromatic rings. The Labute approximate surface area is 123 Å². The molecule has 0 radical (unpaired) electrons. The molecule has 2 heteroatoms. The third-order valence-electron chi connectivity index (χ3n) is 5.02. The van der Waals surface area contributed by atoms with Crippen LogP contribution in [-0.2, 0) is 6.42 Å². The highest BCUT2D eigenvalue weighted by Gasteiger charge is 2.38. The molecule has 110 valence electrons. The molecule has 2 aliphatic rings. The van der Waals surface area contributed by atoms with Gasteiger partial charge in [0, 0.05) is 18.5 Å². The van der Waals surface area contributed by atoms with Crippen molar-refractivity contribution in [2.75, 3.05) is 19.6 Å². The minimum atomic E-state index is -0.0387. The summed E-state index contributed by atoms with van der Waals surface area (Å²) < 4.78 is 6.45. The van der Waals surface area contributed by atoms with Crippen LogP contribution in [0, 0.1) is 20.8 Å². The highest BCUT2D eigenvalue weighted by molar-refractivity contribution is 5.53. The van der Waals surface area contributed by atoms with Crippen LogP contribution in [0.3, 0.4) is 0 Å². The van der Waals surface area contributed by atoms with E-state index >= 15 is 0 Å². The molecule has 0 bridgehead atoms. The molecule has 2 aliphatic heterocycles. The average molecular weight is 273 g/mol. The summed E-state index contributed by atoms with van der Waals surface area (Å²) in [5.41, 5.74) is 5.47. The lowest BCUT2D eigenvalue weighted by Gasteiger charge is -2.34. The molecule has 0 aromatic heterocycles. The second-order valence-electron chi connectivity index (χ2n) is 7.01. The molecule has 1 saturated heterocycles. The van der Waals surface area contributed by atoms with E-state index in [1.54, 1.807) is 0 Å². The van der Waals surface area contributed by atoms with E-state index in [4.69, 9.17) is 4.74 Å². The van der Waals surface area contributed by atoms with Crippen LogP contribution in [-0.4, -0.2) is 30.1 Å². The number of hydrogen-bond acceptors (Lipinski definition) is 2. The maximum absolute atomic E-state index is 6.45. The van der Waals surface area contributed by atoms with Crippen molar-refractivity contribution in [2.45, 2.75) is 59.0 Å². The highest BCUT2D eigenvalue weighted by Crippen LogP contribution is 2.41. The molecule has 20 heavy (non-hydrogen) atoms. The van der Waals surface area contributed by atoms with Crippen molar-refractivity contribution >= 4 is 0 Å². The fraction of sp³-hybridized carbons (Fsp3) is 0.667. The van der Waals surface area contributed by atoms with Gasteiger partial charge in [-0.2, -0.15) is 0 Å². The lowest BCUT2D eigenvalue weighted by molar-refractivity contribution is 0.0549. The number of hydrogen-bond donors (Lipinski definition) is 0. The quantitative estimate of drug-likeness (QED) is 0.813. The van der Waals surface area contributed by atoms with E-state index in [1.807, 2.05) is 0 Å². The molecular formula is C18H27NO. The van der Waals surface area contributed by atoms with Crippen molar-refractivity contribution < 1.29 is 4.74 Å². The van der Waals surface area contributed by atoms with Gasteiger partial charge in [-0.3, -0.25) is 4.90 Å². The van der Waals surface area contributed by atoms with Crippen LogP contribution in [0.2, 0.25) is 0 Å². The van der Waals surface area contributed by atoms with Gasteiger partial charge in [0.25, 0.3) is 0 Å². The summed E-state index contributed by atoms with van der Waals surface area (Å²) in [5.74, 6) is 1.17. The van der Waals surface area contributed by atoms with Crippen molar-refractivity contribution in [3.8, 4) is 5.75 Å². The fourth-order valence-corrected chi connectivity index (χ4v) is 3.80. The summed E-state index contributed by atoms with van der Waals surface area (Å²) in [7, 11) is 0. The van der Waals surface area contributed by atoms with Gasteiger partial charge in [-0.25, -0.2) is 0 Å². The number of ether oxygens (including phenoxy) is 1. The van der Waals surface area contributed by atoms with Crippen LogP contribution in [0.25, 0.3) is 0 Å². The second kappa shape index (κ2) is 5.07. The number of aryl methyl sites for hydroxylation is 2. The molecule has 0 aliphatic carbocycles. The van der Waals surface area contributed by atoms with Crippen molar-refractivity contribution in [3.63, 3.8) is 0 Å². The minimum Gasteiger partial charge on any atom is -0.485 e. The minimum absolute atomic E-state index is 0.0387. The summed E-state index contributed by atoms with van der Waals surface area (Å²) in [6.07, 6.45) is 5.15. The van der Waals surface area contributed by atoms with Gasteiger partial charge in [-0.05, 0) is 70.3 Å². The zero-order valence-corrected chi connectivity index (χ0v) is 13.4. The largest absolute Gasteiger partial charge is 0.485 e. The second-order valence-corrected chi connectivity index (χ2v) is 7.01. The number of benzene rings is 1. The number of rotatable bonds is 2. The van der Waals surface area contributed by atoms with Crippen LogP contribution in [0.5, 0.6) is 5.75 Å². The molecule has 1 fully saturated rings. The maximum Gasteiger partial charge on any atom is 0.126 e. The van der Waals surface area contributed by atoms with Crippen LogP contribution < -0.4 is 4.74 Å².